The third-order valence-electron chi connectivity index (χ3n) is 3.54. The van der Waals surface area contributed by atoms with E-state index in [1.807, 2.05) is 24.0 Å². The van der Waals surface area contributed by atoms with E-state index in [9.17, 15) is 0 Å². The van der Waals surface area contributed by atoms with E-state index in [1.54, 1.807) is 7.11 Å². The number of hydrogen-bond acceptors (Lipinski definition) is 3. The molecule has 0 aliphatic heterocycles. The second kappa shape index (κ2) is 6.09. The van der Waals surface area contributed by atoms with Crippen molar-refractivity contribution in [2.45, 2.75) is 33.4 Å². The maximum Gasteiger partial charge on any atom is 0.119 e. The maximum atomic E-state index is 5.34. The van der Waals surface area contributed by atoms with Gasteiger partial charge < -0.3 is 10.1 Å². The molecule has 1 aromatic carbocycles. The fourth-order valence-electron chi connectivity index (χ4n) is 2.18. The summed E-state index contributed by atoms with van der Waals surface area (Å²) in [5.41, 5.74) is 4.79. The average Bonchev–Trinajstić information content (AvgIpc) is 2.76. The highest BCUT2D eigenvalue weighted by Crippen LogP contribution is 2.29. The van der Waals surface area contributed by atoms with Crippen LogP contribution in [-0.2, 0) is 13.6 Å². The van der Waals surface area contributed by atoms with E-state index in [0.717, 1.165) is 12.3 Å². The van der Waals surface area contributed by atoms with Crippen LogP contribution in [0.1, 0.15) is 25.1 Å². The van der Waals surface area contributed by atoms with Crippen LogP contribution in [0, 0.1) is 6.92 Å². The first kappa shape index (κ1) is 14.6. The Morgan fingerprint density at radius 2 is 2.05 bits per heavy atom. The fraction of sp³-hybridized carbons (Fsp3) is 0.438. The van der Waals surface area contributed by atoms with Gasteiger partial charge in [-0.1, -0.05) is 19.9 Å². The van der Waals surface area contributed by atoms with E-state index < -0.39 is 0 Å². The maximum absolute atomic E-state index is 5.34. The molecule has 108 valence electrons. The van der Waals surface area contributed by atoms with Crippen molar-refractivity contribution in [1.29, 1.82) is 0 Å². The van der Waals surface area contributed by atoms with Crippen LogP contribution in [-0.4, -0.2) is 22.9 Å². The molecule has 1 heterocycles. The molecule has 0 aliphatic carbocycles. The van der Waals surface area contributed by atoms with E-state index >= 15 is 0 Å². The number of aryl methyl sites for hydroxylation is 1. The quantitative estimate of drug-likeness (QED) is 0.910. The van der Waals surface area contributed by atoms with Gasteiger partial charge in [-0.25, -0.2) is 0 Å². The van der Waals surface area contributed by atoms with E-state index in [2.05, 4.69) is 43.3 Å². The van der Waals surface area contributed by atoms with E-state index in [-0.39, 0.29) is 0 Å². The first-order valence-corrected chi connectivity index (χ1v) is 6.92. The van der Waals surface area contributed by atoms with Crippen LogP contribution in [0.25, 0.3) is 11.1 Å². The monoisotopic (exact) mass is 273 g/mol. The largest absolute Gasteiger partial charge is 0.497 e. The zero-order valence-corrected chi connectivity index (χ0v) is 12.9. The van der Waals surface area contributed by atoms with E-state index in [4.69, 9.17) is 4.74 Å². The van der Waals surface area contributed by atoms with Gasteiger partial charge in [0.05, 0.1) is 13.3 Å². The van der Waals surface area contributed by atoms with Gasteiger partial charge in [-0.2, -0.15) is 5.10 Å². The van der Waals surface area contributed by atoms with Crippen LogP contribution in [0.5, 0.6) is 5.75 Å². The SMILES string of the molecule is COc1ccc(-c2cnn(C)c2C)c(CNC(C)C)c1. The van der Waals surface area contributed by atoms with Crippen LogP contribution in [0.3, 0.4) is 0 Å². The van der Waals surface area contributed by atoms with Gasteiger partial charge in [0.1, 0.15) is 5.75 Å². The Morgan fingerprint density at radius 1 is 1.30 bits per heavy atom. The molecule has 0 unspecified atom stereocenters. The zero-order chi connectivity index (χ0) is 14.7. The molecular weight excluding hydrogens is 250 g/mol. The summed E-state index contributed by atoms with van der Waals surface area (Å²) >= 11 is 0. The molecule has 1 aromatic heterocycles. The van der Waals surface area contributed by atoms with Crippen molar-refractivity contribution in [3.05, 3.63) is 35.7 Å². The summed E-state index contributed by atoms with van der Waals surface area (Å²) in [5, 5.41) is 7.80. The van der Waals surface area contributed by atoms with E-state index in [1.165, 1.54) is 22.4 Å². The molecular formula is C16H23N3O. The minimum atomic E-state index is 0.448. The number of ether oxygens (including phenoxy) is 1. The molecule has 20 heavy (non-hydrogen) atoms. The van der Waals surface area contributed by atoms with Crippen LogP contribution in [0.2, 0.25) is 0 Å². The van der Waals surface area contributed by atoms with Crippen molar-refractivity contribution >= 4 is 0 Å². The van der Waals surface area contributed by atoms with Crippen molar-refractivity contribution < 1.29 is 4.74 Å². The number of benzene rings is 1. The molecule has 0 aliphatic rings. The second-order valence-corrected chi connectivity index (χ2v) is 5.33. The molecule has 0 atom stereocenters. The summed E-state index contributed by atoms with van der Waals surface area (Å²) in [4.78, 5) is 0. The van der Waals surface area contributed by atoms with Gasteiger partial charge in [0.25, 0.3) is 0 Å². The average molecular weight is 273 g/mol. The van der Waals surface area contributed by atoms with Crippen LogP contribution >= 0.6 is 0 Å². The van der Waals surface area contributed by atoms with Crippen LogP contribution in [0.4, 0.5) is 0 Å². The fourth-order valence-corrected chi connectivity index (χ4v) is 2.18. The van der Waals surface area contributed by atoms with Crippen molar-refractivity contribution in [3.63, 3.8) is 0 Å². The minimum absolute atomic E-state index is 0.448. The molecule has 0 spiro atoms. The third-order valence-corrected chi connectivity index (χ3v) is 3.54. The lowest BCUT2D eigenvalue weighted by Gasteiger charge is -2.14. The Morgan fingerprint density at radius 3 is 2.60 bits per heavy atom. The van der Waals surface area contributed by atoms with Crippen molar-refractivity contribution in [2.24, 2.45) is 7.05 Å². The molecule has 2 rings (SSSR count). The smallest absolute Gasteiger partial charge is 0.119 e. The van der Waals surface area contributed by atoms with Gasteiger partial charge in [-0.15, -0.1) is 0 Å². The Kier molecular flexibility index (Phi) is 4.45. The molecule has 0 saturated heterocycles. The minimum Gasteiger partial charge on any atom is -0.497 e. The summed E-state index contributed by atoms with van der Waals surface area (Å²) in [6, 6.07) is 6.65. The number of methoxy groups -OCH3 is 1. The molecule has 0 saturated carbocycles. The van der Waals surface area contributed by atoms with E-state index in [0.29, 0.717) is 6.04 Å². The van der Waals surface area contributed by atoms with Gasteiger partial charge >= 0.3 is 0 Å². The normalized spacial score (nSPS) is 11.1. The summed E-state index contributed by atoms with van der Waals surface area (Å²) in [7, 11) is 3.67. The standard InChI is InChI=1S/C16H23N3O/c1-11(2)17-9-13-8-14(20-5)6-7-15(13)16-10-18-19(4)12(16)3/h6-8,10-11,17H,9H2,1-5H3. The van der Waals surface area contributed by atoms with Crippen molar-refractivity contribution in [1.82, 2.24) is 15.1 Å². The molecule has 4 nitrogen and oxygen atoms in total. The van der Waals surface area contributed by atoms with Gasteiger partial charge in [-0.05, 0) is 30.2 Å². The summed E-state index contributed by atoms with van der Waals surface area (Å²) in [6.07, 6.45) is 1.93. The number of rotatable bonds is 5. The first-order valence-electron chi connectivity index (χ1n) is 6.92. The number of hydrogen-bond donors (Lipinski definition) is 1. The Balaban J connectivity index is 2.43. The molecule has 1 N–H and O–H groups in total. The Labute approximate surface area is 120 Å². The summed E-state index contributed by atoms with van der Waals surface area (Å²) in [6.45, 7) is 7.20. The van der Waals surface area contributed by atoms with Crippen LogP contribution in [0.15, 0.2) is 24.4 Å². The molecule has 0 amide bonds. The topological polar surface area (TPSA) is 39.1 Å². The number of nitrogens with one attached hydrogen (secondary N) is 1. The first-order chi connectivity index (χ1) is 9.52. The van der Waals surface area contributed by atoms with Gasteiger partial charge in [0.2, 0.25) is 0 Å². The molecule has 4 heteroatoms. The highest BCUT2D eigenvalue weighted by atomic mass is 16.5. The highest BCUT2D eigenvalue weighted by molar-refractivity contribution is 5.70. The Bertz CT molecular complexity index is 587. The lowest BCUT2D eigenvalue weighted by Crippen LogP contribution is -2.22. The lowest BCUT2D eigenvalue weighted by molar-refractivity contribution is 0.414. The second-order valence-electron chi connectivity index (χ2n) is 5.33. The summed E-state index contributed by atoms with van der Waals surface area (Å²) in [5.74, 6) is 0.885. The molecule has 0 radical (unpaired) electrons. The summed E-state index contributed by atoms with van der Waals surface area (Å²) < 4.78 is 7.24. The lowest BCUT2D eigenvalue weighted by atomic mass is 9.99. The highest BCUT2D eigenvalue weighted by Gasteiger charge is 2.12. The van der Waals surface area contributed by atoms with Crippen molar-refractivity contribution in [3.8, 4) is 16.9 Å². The molecule has 2 aromatic rings. The number of aromatic nitrogens is 2. The molecule has 0 bridgehead atoms. The third kappa shape index (κ3) is 3.02. The predicted octanol–water partition coefficient (Wildman–Crippen LogP) is 2.90. The van der Waals surface area contributed by atoms with Gasteiger partial charge in [0, 0.05) is 30.9 Å². The predicted molar refractivity (Wildman–Crippen MR) is 81.9 cm³/mol. The van der Waals surface area contributed by atoms with Gasteiger partial charge in [0.15, 0.2) is 0 Å². The van der Waals surface area contributed by atoms with Crippen LogP contribution < -0.4 is 10.1 Å². The van der Waals surface area contributed by atoms with Crippen molar-refractivity contribution in [2.75, 3.05) is 7.11 Å². The van der Waals surface area contributed by atoms with Gasteiger partial charge in [-0.3, -0.25) is 4.68 Å². The molecule has 0 fully saturated rings. The Hall–Kier alpha value is -1.81. The number of nitrogens with zero attached hydrogens (tertiary/aromatic N) is 2. The zero-order valence-electron chi connectivity index (χ0n) is 12.9.